The Balaban J connectivity index is -0.00000162. The van der Waals surface area contributed by atoms with Crippen LogP contribution in [0.4, 0.5) is 0 Å². The second-order valence-electron chi connectivity index (χ2n) is 4.85. The molecule has 112 valence electrons. The summed E-state index contributed by atoms with van der Waals surface area (Å²) in [5.74, 6) is -2.19. The molecule has 0 N–H and O–H groups in total. The van der Waals surface area contributed by atoms with E-state index in [1.54, 1.807) is 0 Å². The zero-order chi connectivity index (χ0) is 14.5. The van der Waals surface area contributed by atoms with Crippen LogP contribution in [-0.2, 0) is 9.59 Å². The van der Waals surface area contributed by atoms with Crippen LogP contribution in [0.3, 0.4) is 0 Å². The fraction of sp³-hybridized carbons (Fsp3) is 0.857. The van der Waals surface area contributed by atoms with E-state index in [4.69, 9.17) is 0 Å². The number of nitrogens with zero attached hydrogens (tertiary/aromatic N) is 1. The average Bonchev–Trinajstić information content (AvgIpc) is 2.35. The third-order valence-electron chi connectivity index (χ3n) is 3.09. The van der Waals surface area contributed by atoms with Crippen LogP contribution in [0.2, 0.25) is 0 Å². The van der Waals surface area contributed by atoms with Gasteiger partial charge in [-0.2, -0.15) is 0 Å². The summed E-state index contributed by atoms with van der Waals surface area (Å²) in [5.41, 5.74) is 0. The molecule has 0 amide bonds. The van der Waals surface area contributed by atoms with Crippen molar-refractivity contribution in [2.45, 2.75) is 58.3 Å². The van der Waals surface area contributed by atoms with Crippen LogP contribution in [0.1, 0.15) is 58.3 Å². The van der Waals surface area contributed by atoms with Gasteiger partial charge >= 0.3 is 59.1 Å². The predicted molar refractivity (Wildman–Crippen MR) is 69.1 cm³/mol. The average molecular weight is 317 g/mol. The van der Waals surface area contributed by atoms with E-state index in [2.05, 4.69) is 6.92 Å². The molecule has 0 heterocycles. The van der Waals surface area contributed by atoms with Gasteiger partial charge in [-0.05, 0) is 25.8 Å². The smallest absolute Gasteiger partial charge is 0.550 e. The molecule has 0 saturated carbocycles. The minimum absolute atomic E-state index is 0. The second-order valence-corrected chi connectivity index (χ2v) is 4.85. The quantitative estimate of drug-likeness (QED) is 0.249. The molecule has 0 aliphatic carbocycles. The summed E-state index contributed by atoms with van der Waals surface area (Å²) in [7, 11) is 0. The standard InChI is InChI=1S/C14H27NO4.2Na/c1-2-3-4-5-6-7-10-15(11-8-13(16)17)12-9-14(18)19;;/h2-12H2,1H3,(H,16,17)(H,18,19);;/q;2*+1/p-2. The maximum absolute atomic E-state index is 10.4. The van der Waals surface area contributed by atoms with E-state index in [0.717, 1.165) is 19.4 Å². The van der Waals surface area contributed by atoms with Crippen molar-refractivity contribution in [3.05, 3.63) is 0 Å². The Bertz CT molecular complexity index is 247. The molecule has 0 saturated heterocycles. The van der Waals surface area contributed by atoms with Gasteiger partial charge in [0.15, 0.2) is 0 Å². The van der Waals surface area contributed by atoms with Crippen LogP contribution in [0.5, 0.6) is 0 Å². The number of aliphatic carboxylic acids is 2. The monoisotopic (exact) mass is 317 g/mol. The number of carbonyl (C=O) groups is 2. The van der Waals surface area contributed by atoms with Gasteiger partial charge in [-0.3, -0.25) is 0 Å². The molecule has 0 rings (SSSR count). The zero-order valence-corrected chi connectivity index (χ0v) is 17.9. The van der Waals surface area contributed by atoms with Crippen molar-refractivity contribution < 1.29 is 78.9 Å². The van der Waals surface area contributed by atoms with E-state index in [9.17, 15) is 19.8 Å². The van der Waals surface area contributed by atoms with E-state index in [0.29, 0.717) is 13.1 Å². The minimum Gasteiger partial charge on any atom is -0.550 e. The SMILES string of the molecule is CCCCCCCCN(CCC(=O)[O-])CCC(=O)[O-].[Na+].[Na+]. The normalized spacial score (nSPS) is 9.81. The van der Waals surface area contributed by atoms with Gasteiger partial charge in [0.2, 0.25) is 0 Å². The molecule has 0 bridgehead atoms. The molecule has 0 aromatic heterocycles. The van der Waals surface area contributed by atoms with E-state index >= 15 is 0 Å². The maximum atomic E-state index is 10.4. The summed E-state index contributed by atoms with van der Waals surface area (Å²) in [6, 6.07) is 0. The molecule has 5 nitrogen and oxygen atoms in total. The Morgan fingerprint density at radius 2 is 1.19 bits per heavy atom. The van der Waals surface area contributed by atoms with Crippen LogP contribution >= 0.6 is 0 Å². The maximum Gasteiger partial charge on any atom is 1.00 e. The molecule has 0 aliphatic rings. The van der Waals surface area contributed by atoms with Crippen molar-refractivity contribution in [1.29, 1.82) is 0 Å². The molecular weight excluding hydrogens is 292 g/mol. The van der Waals surface area contributed by atoms with Crippen molar-refractivity contribution >= 4 is 11.9 Å². The first-order valence-electron chi connectivity index (χ1n) is 7.18. The Morgan fingerprint density at radius 3 is 1.62 bits per heavy atom. The number of unbranched alkanes of at least 4 members (excludes halogenated alkanes) is 5. The Labute approximate surface area is 172 Å². The molecule has 0 aromatic carbocycles. The largest absolute Gasteiger partial charge is 1.00 e. The number of rotatable bonds is 13. The van der Waals surface area contributed by atoms with Crippen LogP contribution < -0.4 is 69.3 Å². The molecule has 0 aromatic rings. The Hall–Kier alpha value is 0.900. The molecule has 0 atom stereocenters. The predicted octanol–water partition coefficient (Wildman–Crippen LogP) is -6.06. The van der Waals surface area contributed by atoms with Crippen LogP contribution in [0.25, 0.3) is 0 Å². The first-order valence-corrected chi connectivity index (χ1v) is 7.18. The summed E-state index contributed by atoms with van der Waals surface area (Å²) in [5, 5.41) is 20.8. The van der Waals surface area contributed by atoms with Gasteiger partial charge in [0, 0.05) is 25.0 Å². The first-order chi connectivity index (χ1) is 9.06. The third-order valence-corrected chi connectivity index (χ3v) is 3.09. The first kappa shape index (κ1) is 26.8. The van der Waals surface area contributed by atoms with Gasteiger partial charge in [0.05, 0.1) is 0 Å². The van der Waals surface area contributed by atoms with Crippen LogP contribution in [-0.4, -0.2) is 36.5 Å². The summed E-state index contributed by atoms with van der Waals surface area (Å²) in [6.45, 7) is 3.61. The van der Waals surface area contributed by atoms with Gasteiger partial charge in [-0.1, -0.05) is 39.0 Å². The summed E-state index contributed by atoms with van der Waals surface area (Å²) < 4.78 is 0. The molecular formula is C14H25NNa2O4. The number of hydrogen-bond donors (Lipinski definition) is 0. The molecule has 0 spiro atoms. The van der Waals surface area contributed by atoms with E-state index in [-0.39, 0.29) is 72.0 Å². The molecule has 7 heteroatoms. The van der Waals surface area contributed by atoms with Gasteiger partial charge in [-0.25, -0.2) is 0 Å². The fourth-order valence-corrected chi connectivity index (χ4v) is 1.95. The van der Waals surface area contributed by atoms with Gasteiger partial charge in [0.25, 0.3) is 0 Å². The Kier molecular flexibility index (Phi) is 24.2. The van der Waals surface area contributed by atoms with Crippen LogP contribution in [0, 0.1) is 0 Å². The molecule has 0 aliphatic heterocycles. The van der Waals surface area contributed by atoms with Crippen LogP contribution in [0.15, 0.2) is 0 Å². The number of carbonyl (C=O) groups excluding carboxylic acids is 2. The number of carboxylic acid groups (broad SMARTS) is 2. The van der Waals surface area contributed by atoms with E-state index in [1.807, 2.05) is 4.90 Å². The number of hydrogen-bond acceptors (Lipinski definition) is 5. The summed E-state index contributed by atoms with van der Waals surface area (Å²) in [6.07, 6.45) is 6.85. The molecule has 0 fully saturated rings. The van der Waals surface area contributed by atoms with Gasteiger partial charge in [-0.15, -0.1) is 0 Å². The molecule has 0 radical (unpaired) electrons. The van der Waals surface area contributed by atoms with Crippen molar-refractivity contribution in [3.63, 3.8) is 0 Å². The molecule has 0 unspecified atom stereocenters. The van der Waals surface area contributed by atoms with E-state index < -0.39 is 11.9 Å². The zero-order valence-electron chi connectivity index (χ0n) is 13.9. The topological polar surface area (TPSA) is 83.5 Å². The number of carboxylic acids is 2. The summed E-state index contributed by atoms with van der Waals surface area (Å²) in [4.78, 5) is 22.7. The third kappa shape index (κ3) is 20.9. The minimum atomic E-state index is -1.10. The van der Waals surface area contributed by atoms with Crippen molar-refractivity contribution in [1.82, 2.24) is 4.90 Å². The Morgan fingerprint density at radius 1 is 0.762 bits per heavy atom. The van der Waals surface area contributed by atoms with Gasteiger partial charge < -0.3 is 24.7 Å². The summed E-state index contributed by atoms with van der Waals surface area (Å²) >= 11 is 0. The fourth-order valence-electron chi connectivity index (χ4n) is 1.95. The van der Waals surface area contributed by atoms with E-state index in [1.165, 1.54) is 25.7 Å². The van der Waals surface area contributed by atoms with Crippen molar-refractivity contribution in [3.8, 4) is 0 Å². The van der Waals surface area contributed by atoms with Crippen molar-refractivity contribution in [2.75, 3.05) is 19.6 Å². The molecule has 21 heavy (non-hydrogen) atoms. The van der Waals surface area contributed by atoms with Gasteiger partial charge in [0.1, 0.15) is 0 Å². The van der Waals surface area contributed by atoms with Crippen molar-refractivity contribution in [2.24, 2.45) is 0 Å². The second kappa shape index (κ2) is 18.9.